The Hall–Kier alpha value is -1.63. The highest BCUT2D eigenvalue weighted by molar-refractivity contribution is 7.20. The minimum Gasteiger partial charge on any atom is -0.399 e. The lowest BCUT2D eigenvalue weighted by atomic mass is 10.2. The molecule has 2 aromatic rings. The lowest BCUT2D eigenvalue weighted by molar-refractivity contribution is 0.0611. The summed E-state index contributed by atoms with van der Waals surface area (Å²) < 4.78 is 5.80. The van der Waals surface area contributed by atoms with E-state index in [2.05, 4.69) is 5.32 Å². The Morgan fingerprint density at radius 1 is 1.53 bits per heavy atom. The van der Waals surface area contributed by atoms with Crippen molar-refractivity contribution in [3.8, 4) is 0 Å². The topological polar surface area (TPSA) is 84.6 Å². The van der Waals surface area contributed by atoms with Crippen molar-refractivity contribution in [2.45, 2.75) is 6.10 Å². The second kappa shape index (κ2) is 6.01. The number of nitrogens with one attached hydrogen (secondary N) is 1. The number of benzene rings is 1. The Balaban J connectivity index is 2.05. The number of aliphatic hydroxyl groups is 1. The minimum atomic E-state index is -0.695. The number of ether oxygens (including phenoxy) is 1. The summed E-state index contributed by atoms with van der Waals surface area (Å²) >= 11 is 1.40. The van der Waals surface area contributed by atoms with Crippen LogP contribution < -0.4 is 11.1 Å². The predicted octanol–water partition coefficient (Wildman–Crippen LogP) is 1.22. The Morgan fingerprint density at radius 2 is 2.32 bits per heavy atom. The number of nitrogens with two attached hydrogens (primary N) is 1. The molecule has 1 atom stereocenters. The SMILES string of the molecule is COCC(O)CNC(=O)c1cc2cc(N)ccc2s1. The van der Waals surface area contributed by atoms with Gasteiger partial charge in [0.25, 0.3) is 5.91 Å². The van der Waals surface area contributed by atoms with Gasteiger partial charge in [0.1, 0.15) is 0 Å². The molecule has 6 heteroatoms. The van der Waals surface area contributed by atoms with Crippen molar-refractivity contribution in [2.75, 3.05) is 26.0 Å². The van der Waals surface area contributed by atoms with Crippen LogP contribution in [-0.2, 0) is 4.74 Å². The van der Waals surface area contributed by atoms with E-state index in [-0.39, 0.29) is 19.1 Å². The number of rotatable bonds is 5. The number of aliphatic hydroxyl groups excluding tert-OH is 1. The number of hydrogen-bond acceptors (Lipinski definition) is 5. The Labute approximate surface area is 115 Å². The van der Waals surface area contributed by atoms with Gasteiger partial charge in [0.2, 0.25) is 0 Å². The number of carbonyl (C=O) groups excluding carboxylic acids is 1. The van der Waals surface area contributed by atoms with Crippen LogP contribution in [0.2, 0.25) is 0 Å². The van der Waals surface area contributed by atoms with Crippen LogP contribution in [-0.4, -0.2) is 37.4 Å². The maximum atomic E-state index is 11.9. The normalized spacial score (nSPS) is 12.5. The first-order valence-electron chi connectivity index (χ1n) is 5.84. The highest BCUT2D eigenvalue weighted by Gasteiger charge is 2.12. The summed E-state index contributed by atoms with van der Waals surface area (Å²) in [7, 11) is 1.50. The third kappa shape index (κ3) is 3.44. The molecule has 0 aliphatic carbocycles. The summed E-state index contributed by atoms with van der Waals surface area (Å²) in [4.78, 5) is 12.5. The molecule has 0 aliphatic rings. The van der Waals surface area contributed by atoms with Crippen LogP contribution in [0.25, 0.3) is 10.1 Å². The van der Waals surface area contributed by atoms with E-state index in [1.807, 2.05) is 18.2 Å². The number of anilines is 1. The van der Waals surface area contributed by atoms with Gasteiger partial charge in [-0.3, -0.25) is 4.79 Å². The zero-order valence-electron chi connectivity index (χ0n) is 10.6. The molecule has 5 nitrogen and oxygen atoms in total. The van der Waals surface area contributed by atoms with Gasteiger partial charge in [-0.15, -0.1) is 11.3 Å². The number of carbonyl (C=O) groups is 1. The highest BCUT2D eigenvalue weighted by atomic mass is 32.1. The van der Waals surface area contributed by atoms with Crippen molar-refractivity contribution in [1.82, 2.24) is 5.32 Å². The molecule has 1 aromatic carbocycles. The van der Waals surface area contributed by atoms with E-state index in [1.165, 1.54) is 18.4 Å². The van der Waals surface area contributed by atoms with Crippen molar-refractivity contribution in [3.05, 3.63) is 29.1 Å². The number of methoxy groups -OCH3 is 1. The zero-order chi connectivity index (χ0) is 13.8. The van der Waals surface area contributed by atoms with Crippen LogP contribution in [0.3, 0.4) is 0 Å². The van der Waals surface area contributed by atoms with E-state index < -0.39 is 6.10 Å². The van der Waals surface area contributed by atoms with Crippen molar-refractivity contribution in [1.29, 1.82) is 0 Å². The molecule has 1 heterocycles. The number of hydrogen-bond donors (Lipinski definition) is 3. The monoisotopic (exact) mass is 280 g/mol. The van der Waals surface area contributed by atoms with Gasteiger partial charge in [0.15, 0.2) is 0 Å². The van der Waals surface area contributed by atoms with Gasteiger partial charge in [-0.05, 0) is 29.7 Å². The van der Waals surface area contributed by atoms with Gasteiger partial charge >= 0.3 is 0 Å². The summed E-state index contributed by atoms with van der Waals surface area (Å²) in [5.41, 5.74) is 6.37. The molecule has 102 valence electrons. The van der Waals surface area contributed by atoms with E-state index in [9.17, 15) is 9.90 Å². The van der Waals surface area contributed by atoms with Gasteiger partial charge in [-0.2, -0.15) is 0 Å². The molecular weight excluding hydrogens is 264 g/mol. The van der Waals surface area contributed by atoms with Gasteiger partial charge < -0.3 is 20.9 Å². The first-order valence-corrected chi connectivity index (χ1v) is 6.66. The van der Waals surface area contributed by atoms with E-state index in [0.29, 0.717) is 10.6 Å². The molecular formula is C13H16N2O3S. The van der Waals surface area contributed by atoms with E-state index in [4.69, 9.17) is 10.5 Å². The summed E-state index contributed by atoms with van der Waals surface area (Å²) in [5.74, 6) is -0.199. The molecule has 1 aromatic heterocycles. The Bertz CT molecular complexity index is 582. The fourth-order valence-electron chi connectivity index (χ4n) is 1.72. The molecule has 19 heavy (non-hydrogen) atoms. The van der Waals surface area contributed by atoms with E-state index in [0.717, 1.165) is 10.1 Å². The lowest BCUT2D eigenvalue weighted by Gasteiger charge is -2.09. The molecule has 4 N–H and O–H groups in total. The van der Waals surface area contributed by atoms with Crippen molar-refractivity contribution in [2.24, 2.45) is 0 Å². The molecule has 0 saturated heterocycles. The Kier molecular flexibility index (Phi) is 4.36. The van der Waals surface area contributed by atoms with Crippen LogP contribution in [0.5, 0.6) is 0 Å². The number of nitrogen functional groups attached to an aromatic ring is 1. The van der Waals surface area contributed by atoms with E-state index in [1.54, 1.807) is 6.07 Å². The van der Waals surface area contributed by atoms with Crippen LogP contribution in [0.1, 0.15) is 9.67 Å². The molecule has 0 saturated carbocycles. The molecule has 0 spiro atoms. The Morgan fingerprint density at radius 3 is 3.05 bits per heavy atom. The second-order valence-electron chi connectivity index (χ2n) is 4.23. The maximum Gasteiger partial charge on any atom is 0.261 e. The standard InChI is InChI=1S/C13H16N2O3S/c1-18-7-10(16)6-15-13(17)12-5-8-4-9(14)2-3-11(8)19-12/h2-5,10,16H,6-7,14H2,1H3,(H,15,17). The van der Waals surface area contributed by atoms with Gasteiger partial charge in [-0.1, -0.05) is 0 Å². The van der Waals surface area contributed by atoms with Gasteiger partial charge in [0.05, 0.1) is 17.6 Å². The summed E-state index contributed by atoms with van der Waals surface area (Å²) in [6.45, 7) is 0.367. The number of amides is 1. The quantitative estimate of drug-likeness (QED) is 0.719. The lowest BCUT2D eigenvalue weighted by Crippen LogP contribution is -2.33. The molecule has 0 bridgehead atoms. The molecule has 0 fully saturated rings. The minimum absolute atomic E-state index is 0.170. The van der Waals surface area contributed by atoms with Gasteiger partial charge in [-0.25, -0.2) is 0 Å². The van der Waals surface area contributed by atoms with Crippen LogP contribution >= 0.6 is 11.3 Å². The van der Waals surface area contributed by atoms with Crippen LogP contribution in [0, 0.1) is 0 Å². The van der Waals surface area contributed by atoms with E-state index >= 15 is 0 Å². The second-order valence-corrected chi connectivity index (χ2v) is 5.31. The largest absolute Gasteiger partial charge is 0.399 e. The van der Waals surface area contributed by atoms with Crippen molar-refractivity contribution in [3.63, 3.8) is 0 Å². The number of thiophene rings is 1. The fourth-order valence-corrected chi connectivity index (χ4v) is 2.68. The highest BCUT2D eigenvalue weighted by Crippen LogP contribution is 2.27. The molecule has 0 aliphatic heterocycles. The number of fused-ring (bicyclic) bond motifs is 1. The van der Waals surface area contributed by atoms with Crippen LogP contribution in [0.15, 0.2) is 24.3 Å². The van der Waals surface area contributed by atoms with Crippen LogP contribution in [0.4, 0.5) is 5.69 Å². The van der Waals surface area contributed by atoms with Crippen molar-refractivity contribution >= 4 is 33.0 Å². The summed E-state index contributed by atoms with van der Waals surface area (Å²) in [6.07, 6.45) is -0.695. The smallest absolute Gasteiger partial charge is 0.261 e. The third-order valence-corrected chi connectivity index (χ3v) is 3.74. The molecule has 2 rings (SSSR count). The van der Waals surface area contributed by atoms with Gasteiger partial charge in [0, 0.05) is 24.0 Å². The maximum absolute atomic E-state index is 11.9. The zero-order valence-corrected chi connectivity index (χ0v) is 11.4. The molecule has 1 amide bonds. The predicted molar refractivity (Wildman–Crippen MR) is 76.5 cm³/mol. The first kappa shape index (κ1) is 13.8. The summed E-state index contributed by atoms with van der Waals surface area (Å²) in [5, 5.41) is 13.1. The van der Waals surface area contributed by atoms with Crippen molar-refractivity contribution < 1.29 is 14.6 Å². The third-order valence-electron chi connectivity index (χ3n) is 2.62. The fraction of sp³-hybridized carbons (Fsp3) is 0.308. The average Bonchev–Trinajstić information content (AvgIpc) is 2.79. The average molecular weight is 280 g/mol. The summed E-state index contributed by atoms with van der Waals surface area (Å²) in [6, 6.07) is 7.34. The first-order chi connectivity index (χ1) is 9.10. The molecule has 1 unspecified atom stereocenters. The molecule has 0 radical (unpaired) electrons.